The summed E-state index contributed by atoms with van der Waals surface area (Å²) in [5.74, 6) is 3.50. The van der Waals surface area contributed by atoms with Gasteiger partial charge in [-0.1, -0.05) is 32.0 Å². The average Bonchev–Trinajstić information content (AvgIpc) is 3.42. The van der Waals surface area contributed by atoms with Crippen LogP contribution in [0.15, 0.2) is 73.1 Å². The van der Waals surface area contributed by atoms with Crippen molar-refractivity contribution >= 4 is 28.4 Å². The molecular formula is C29H33N5O4. The number of methoxy groups -OCH3 is 2. The monoisotopic (exact) mass is 515 g/mol. The molecule has 9 nitrogen and oxygen atoms in total. The molecule has 0 saturated carbocycles. The van der Waals surface area contributed by atoms with Crippen LogP contribution in [-0.2, 0) is 0 Å². The number of ether oxygens (including phenoxy) is 3. The Morgan fingerprint density at radius 1 is 0.921 bits per heavy atom. The van der Waals surface area contributed by atoms with Crippen LogP contribution in [0.2, 0.25) is 0 Å². The predicted molar refractivity (Wildman–Crippen MR) is 150 cm³/mol. The molecule has 4 aromatic rings. The molecule has 1 aromatic heterocycles. The first-order valence-corrected chi connectivity index (χ1v) is 12.6. The maximum atomic E-state index is 12.6. The molecule has 2 amide bonds. The zero-order valence-corrected chi connectivity index (χ0v) is 22.1. The molecule has 0 aliphatic carbocycles. The molecule has 1 aliphatic rings. The van der Waals surface area contributed by atoms with Gasteiger partial charge in [-0.15, -0.1) is 0 Å². The van der Waals surface area contributed by atoms with E-state index in [0.29, 0.717) is 29.5 Å². The molecule has 0 bridgehead atoms. The van der Waals surface area contributed by atoms with Crippen LogP contribution in [0.4, 0.5) is 16.3 Å². The SMILES string of the molecule is CC.COc1cc2ncnc(N3CCC(NC(=O)Nc4ccc(Oc5ccccc5)cc4)C3)c2cc1OC. The number of nitrogens with zero attached hydrogens (tertiary/aromatic N) is 3. The fourth-order valence-corrected chi connectivity index (χ4v) is 4.28. The third-order valence-corrected chi connectivity index (χ3v) is 6.03. The first-order chi connectivity index (χ1) is 18.6. The number of nitrogens with one attached hydrogen (secondary N) is 2. The maximum absolute atomic E-state index is 12.6. The van der Waals surface area contributed by atoms with Crippen LogP contribution in [0.5, 0.6) is 23.0 Å². The smallest absolute Gasteiger partial charge is 0.319 e. The number of anilines is 2. The third-order valence-electron chi connectivity index (χ3n) is 6.03. The van der Waals surface area contributed by atoms with Gasteiger partial charge in [-0.05, 0) is 48.9 Å². The Kier molecular flexibility index (Phi) is 8.81. The van der Waals surface area contributed by atoms with Gasteiger partial charge in [-0.2, -0.15) is 0 Å². The van der Waals surface area contributed by atoms with Gasteiger partial charge in [0, 0.05) is 36.3 Å². The fraction of sp³-hybridized carbons (Fsp3) is 0.276. The molecule has 0 radical (unpaired) electrons. The fourth-order valence-electron chi connectivity index (χ4n) is 4.28. The lowest BCUT2D eigenvalue weighted by Gasteiger charge is -2.20. The number of carbonyl (C=O) groups excluding carboxylic acids is 1. The lowest BCUT2D eigenvalue weighted by atomic mass is 10.2. The molecule has 2 N–H and O–H groups in total. The number of para-hydroxylation sites is 1. The molecule has 1 atom stereocenters. The third kappa shape index (κ3) is 6.23. The van der Waals surface area contributed by atoms with E-state index in [1.54, 1.807) is 20.5 Å². The van der Waals surface area contributed by atoms with Crippen molar-refractivity contribution in [2.24, 2.45) is 0 Å². The van der Waals surface area contributed by atoms with Gasteiger partial charge in [-0.25, -0.2) is 14.8 Å². The van der Waals surface area contributed by atoms with Crippen molar-refractivity contribution < 1.29 is 19.0 Å². The predicted octanol–water partition coefficient (Wildman–Crippen LogP) is 5.87. The Morgan fingerprint density at radius 2 is 1.61 bits per heavy atom. The van der Waals surface area contributed by atoms with E-state index in [1.807, 2.05) is 80.6 Å². The van der Waals surface area contributed by atoms with Gasteiger partial charge in [0.1, 0.15) is 23.6 Å². The zero-order valence-electron chi connectivity index (χ0n) is 22.1. The van der Waals surface area contributed by atoms with Crippen LogP contribution in [0.3, 0.4) is 0 Å². The number of aromatic nitrogens is 2. The number of hydrogen-bond donors (Lipinski definition) is 2. The van der Waals surface area contributed by atoms with Crippen molar-refractivity contribution in [3.63, 3.8) is 0 Å². The van der Waals surface area contributed by atoms with E-state index in [4.69, 9.17) is 14.2 Å². The number of fused-ring (bicyclic) bond motifs is 1. The van der Waals surface area contributed by atoms with Crippen LogP contribution >= 0.6 is 0 Å². The second-order valence-electron chi connectivity index (χ2n) is 8.39. The summed E-state index contributed by atoms with van der Waals surface area (Å²) in [7, 11) is 3.20. The molecule has 3 aromatic carbocycles. The Hall–Kier alpha value is -4.53. The molecule has 0 spiro atoms. The minimum atomic E-state index is -0.252. The number of amides is 2. The van der Waals surface area contributed by atoms with Crippen molar-refractivity contribution in [2.45, 2.75) is 26.3 Å². The van der Waals surface area contributed by atoms with Crippen LogP contribution in [0, 0.1) is 0 Å². The highest BCUT2D eigenvalue weighted by Gasteiger charge is 2.26. The number of urea groups is 1. The lowest BCUT2D eigenvalue weighted by Crippen LogP contribution is -2.39. The van der Waals surface area contributed by atoms with Crippen LogP contribution < -0.4 is 29.7 Å². The molecular weight excluding hydrogens is 482 g/mol. The molecule has 38 heavy (non-hydrogen) atoms. The summed E-state index contributed by atoms with van der Waals surface area (Å²) in [4.78, 5) is 23.7. The van der Waals surface area contributed by atoms with Crippen molar-refractivity contribution in [3.8, 4) is 23.0 Å². The average molecular weight is 516 g/mol. The summed E-state index contributed by atoms with van der Waals surface area (Å²) >= 11 is 0. The van der Waals surface area contributed by atoms with Gasteiger partial charge in [0.15, 0.2) is 11.5 Å². The highest BCUT2D eigenvalue weighted by molar-refractivity contribution is 5.92. The Bertz CT molecular complexity index is 1350. The van der Waals surface area contributed by atoms with E-state index in [2.05, 4.69) is 25.5 Å². The standard InChI is InChI=1S/C27H27N5O4.C2H6/c1-34-24-14-22-23(15-25(24)35-2)28-17-29-26(22)32-13-12-19(16-32)31-27(33)30-18-8-10-21(11-9-18)36-20-6-4-3-5-7-20;1-2/h3-11,14-15,17,19H,12-13,16H2,1-2H3,(H2,30,31,33);1-2H3. The van der Waals surface area contributed by atoms with Crippen molar-refractivity contribution in [2.75, 3.05) is 37.5 Å². The molecule has 9 heteroatoms. The summed E-state index contributed by atoms with van der Waals surface area (Å²) in [6.45, 7) is 5.40. The Labute approximate surface area is 222 Å². The minimum absolute atomic E-state index is 0.0177. The molecule has 5 rings (SSSR count). The van der Waals surface area contributed by atoms with Gasteiger partial charge in [0.05, 0.1) is 19.7 Å². The molecule has 1 saturated heterocycles. The van der Waals surface area contributed by atoms with Gasteiger partial charge in [0.25, 0.3) is 0 Å². The highest BCUT2D eigenvalue weighted by Crippen LogP contribution is 2.35. The van der Waals surface area contributed by atoms with Crippen molar-refractivity contribution in [1.82, 2.24) is 15.3 Å². The maximum Gasteiger partial charge on any atom is 0.319 e. The number of benzene rings is 3. The van der Waals surface area contributed by atoms with Gasteiger partial charge in [0.2, 0.25) is 0 Å². The Balaban J connectivity index is 0.00000164. The van der Waals surface area contributed by atoms with Crippen LogP contribution in [0.25, 0.3) is 10.9 Å². The zero-order chi connectivity index (χ0) is 26.9. The number of rotatable bonds is 7. The minimum Gasteiger partial charge on any atom is -0.493 e. The summed E-state index contributed by atoms with van der Waals surface area (Å²) in [5.41, 5.74) is 1.46. The second-order valence-corrected chi connectivity index (χ2v) is 8.39. The first kappa shape index (κ1) is 26.5. The normalized spacial score (nSPS) is 14.3. The molecule has 1 aliphatic heterocycles. The summed E-state index contributed by atoms with van der Waals surface area (Å²) < 4.78 is 16.6. The Morgan fingerprint density at radius 3 is 2.32 bits per heavy atom. The van der Waals surface area contributed by atoms with E-state index in [1.165, 1.54) is 0 Å². The largest absolute Gasteiger partial charge is 0.493 e. The first-order valence-electron chi connectivity index (χ1n) is 12.6. The van der Waals surface area contributed by atoms with Crippen molar-refractivity contribution in [1.29, 1.82) is 0 Å². The topological polar surface area (TPSA) is 97.8 Å². The highest BCUT2D eigenvalue weighted by atomic mass is 16.5. The number of carbonyl (C=O) groups is 1. The van der Waals surface area contributed by atoms with Crippen molar-refractivity contribution in [3.05, 3.63) is 73.1 Å². The molecule has 2 heterocycles. The van der Waals surface area contributed by atoms with Crippen LogP contribution in [0.1, 0.15) is 20.3 Å². The van der Waals surface area contributed by atoms with E-state index >= 15 is 0 Å². The van der Waals surface area contributed by atoms with E-state index in [0.717, 1.165) is 35.4 Å². The number of hydrogen-bond acceptors (Lipinski definition) is 7. The van der Waals surface area contributed by atoms with Gasteiger partial charge in [-0.3, -0.25) is 0 Å². The van der Waals surface area contributed by atoms with E-state index in [-0.39, 0.29) is 12.1 Å². The lowest BCUT2D eigenvalue weighted by molar-refractivity contribution is 0.249. The van der Waals surface area contributed by atoms with Gasteiger partial charge >= 0.3 is 6.03 Å². The second kappa shape index (κ2) is 12.6. The quantitative estimate of drug-likeness (QED) is 0.318. The molecule has 1 fully saturated rings. The van der Waals surface area contributed by atoms with Gasteiger partial charge < -0.3 is 29.7 Å². The summed E-state index contributed by atoms with van der Waals surface area (Å²) in [6, 6.07) is 20.3. The van der Waals surface area contributed by atoms with E-state index in [9.17, 15) is 4.79 Å². The summed E-state index contributed by atoms with van der Waals surface area (Å²) in [5, 5.41) is 6.82. The van der Waals surface area contributed by atoms with E-state index < -0.39 is 0 Å². The summed E-state index contributed by atoms with van der Waals surface area (Å²) in [6.07, 6.45) is 2.35. The molecule has 198 valence electrons. The molecule has 1 unspecified atom stereocenters. The van der Waals surface area contributed by atoms with Crippen LogP contribution in [-0.4, -0.2) is 49.4 Å².